The van der Waals surface area contributed by atoms with E-state index in [4.69, 9.17) is 11.6 Å². The zero-order valence-corrected chi connectivity index (χ0v) is 11.6. The molecule has 1 rings (SSSR count). The molecule has 0 saturated heterocycles. The first-order chi connectivity index (χ1) is 8.45. The first-order valence-electron chi connectivity index (χ1n) is 5.88. The van der Waals surface area contributed by atoms with Crippen LogP contribution in [0.3, 0.4) is 0 Å². The summed E-state index contributed by atoms with van der Waals surface area (Å²) in [6, 6.07) is 4.16. The Bertz CT molecular complexity index is 425. The van der Waals surface area contributed by atoms with Crippen LogP contribution >= 0.6 is 11.6 Å². The predicted octanol–water partition coefficient (Wildman–Crippen LogP) is 2.61. The summed E-state index contributed by atoms with van der Waals surface area (Å²) in [5, 5.41) is 3.44. The Labute approximate surface area is 112 Å². The molecule has 100 valence electrons. The van der Waals surface area contributed by atoms with Gasteiger partial charge in [0.15, 0.2) is 0 Å². The lowest BCUT2D eigenvalue weighted by Gasteiger charge is -2.19. The fraction of sp³-hybridized carbons (Fsp3) is 0.462. The van der Waals surface area contributed by atoms with Crippen molar-refractivity contribution >= 4 is 17.5 Å². The molecule has 0 aliphatic rings. The number of nitrogens with one attached hydrogen (secondary N) is 1. The smallest absolute Gasteiger partial charge is 0.236 e. The number of carbonyl (C=O) groups excluding carboxylic acids is 1. The first-order valence-corrected chi connectivity index (χ1v) is 6.25. The summed E-state index contributed by atoms with van der Waals surface area (Å²) in [5.41, 5.74) is 0.782. The maximum absolute atomic E-state index is 12.9. The summed E-state index contributed by atoms with van der Waals surface area (Å²) in [6.07, 6.45) is 0. The maximum Gasteiger partial charge on any atom is 0.236 e. The Hall–Kier alpha value is -1.13. The number of halogens is 2. The molecular weight excluding hydrogens is 255 g/mol. The lowest BCUT2D eigenvalue weighted by Crippen LogP contribution is -2.36. The van der Waals surface area contributed by atoms with Crippen molar-refractivity contribution in [3.63, 3.8) is 0 Å². The number of hydrogen-bond acceptors (Lipinski definition) is 2. The normalized spacial score (nSPS) is 12.3. The highest BCUT2D eigenvalue weighted by atomic mass is 35.5. The lowest BCUT2D eigenvalue weighted by molar-refractivity contribution is -0.128. The first kappa shape index (κ1) is 14.9. The highest BCUT2D eigenvalue weighted by Crippen LogP contribution is 2.23. The molecule has 3 nitrogen and oxygen atoms in total. The van der Waals surface area contributed by atoms with Crippen LogP contribution in [0.2, 0.25) is 5.02 Å². The predicted molar refractivity (Wildman–Crippen MR) is 71.1 cm³/mol. The van der Waals surface area contributed by atoms with Gasteiger partial charge >= 0.3 is 0 Å². The molecule has 1 aromatic carbocycles. The molecule has 0 heterocycles. The molecule has 0 aromatic heterocycles. The van der Waals surface area contributed by atoms with E-state index in [-0.39, 0.29) is 24.3 Å². The average Bonchev–Trinajstić information content (AvgIpc) is 2.34. The van der Waals surface area contributed by atoms with Crippen molar-refractivity contribution < 1.29 is 9.18 Å². The van der Waals surface area contributed by atoms with Gasteiger partial charge in [0, 0.05) is 24.7 Å². The topological polar surface area (TPSA) is 32.3 Å². The summed E-state index contributed by atoms with van der Waals surface area (Å²) in [5.74, 6) is -0.347. The van der Waals surface area contributed by atoms with Gasteiger partial charge < -0.3 is 10.2 Å². The molecule has 0 aliphatic heterocycles. The van der Waals surface area contributed by atoms with Crippen molar-refractivity contribution in [1.29, 1.82) is 0 Å². The van der Waals surface area contributed by atoms with Crippen molar-refractivity contribution in [2.24, 2.45) is 0 Å². The van der Waals surface area contributed by atoms with E-state index in [9.17, 15) is 9.18 Å². The highest BCUT2D eigenvalue weighted by molar-refractivity contribution is 6.31. The van der Waals surface area contributed by atoms with E-state index < -0.39 is 0 Å². The Kier molecular flexibility index (Phi) is 5.56. The third kappa shape index (κ3) is 3.96. The monoisotopic (exact) mass is 272 g/mol. The van der Waals surface area contributed by atoms with Gasteiger partial charge in [-0.3, -0.25) is 4.79 Å². The molecule has 1 atom stereocenters. The summed E-state index contributed by atoms with van der Waals surface area (Å²) < 4.78 is 12.9. The Morgan fingerprint density at radius 2 is 2.22 bits per heavy atom. The van der Waals surface area contributed by atoms with Crippen molar-refractivity contribution in [2.75, 3.05) is 20.1 Å². The maximum atomic E-state index is 12.9. The molecule has 1 aromatic rings. The molecule has 5 heteroatoms. The van der Waals surface area contributed by atoms with Crippen molar-refractivity contribution in [3.8, 4) is 0 Å². The van der Waals surface area contributed by atoms with Crippen LogP contribution < -0.4 is 5.32 Å². The van der Waals surface area contributed by atoms with Crippen LogP contribution in [0.25, 0.3) is 0 Å². The van der Waals surface area contributed by atoms with Gasteiger partial charge in [-0.25, -0.2) is 4.39 Å². The van der Waals surface area contributed by atoms with E-state index in [0.717, 1.165) is 5.56 Å². The molecule has 1 amide bonds. The van der Waals surface area contributed by atoms with Crippen molar-refractivity contribution in [1.82, 2.24) is 10.2 Å². The number of carbonyl (C=O) groups is 1. The second-order valence-electron chi connectivity index (χ2n) is 4.18. The van der Waals surface area contributed by atoms with Crippen LogP contribution in [-0.4, -0.2) is 30.9 Å². The molecule has 0 spiro atoms. The number of hydrogen-bond donors (Lipinski definition) is 1. The Morgan fingerprint density at radius 1 is 1.56 bits per heavy atom. The SMILES string of the molecule is CCN(C)C(=O)CNC(C)c1ccc(F)cc1Cl. The Morgan fingerprint density at radius 3 is 2.78 bits per heavy atom. The number of nitrogens with zero attached hydrogens (tertiary/aromatic N) is 1. The summed E-state index contributed by atoms with van der Waals surface area (Å²) in [4.78, 5) is 13.3. The molecule has 1 unspecified atom stereocenters. The van der Waals surface area contributed by atoms with Crippen LogP contribution in [-0.2, 0) is 4.79 Å². The van der Waals surface area contributed by atoms with Crippen molar-refractivity contribution in [2.45, 2.75) is 19.9 Å². The minimum atomic E-state index is -0.363. The third-order valence-electron chi connectivity index (χ3n) is 2.89. The zero-order valence-electron chi connectivity index (χ0n) is 10.8. The molecule has 0 radical (unpaired) electrons. The van der Waals surface area contributed by atoms with Crippen LogP contribution in [0.4, 0.5) is 4.39 Å². The number of rotatable bonds is 5. The minimum absolute atomic E-state index is 0.0163. The molecule has 0 aliphatic carbocycles. The largest absolute Gasteiger partial charge is 0.345 e. The van der Waals surface area contributed by atoms with Crippen LogP contribution in [0, 0.1) is 5.82 Å². The van der Waals surface area contributed by atoms with E-state index in [2.05, 4.69) is 5.32 Å². The summed E-state index contributed by atoms with van der Waals surface area (Å²) in [6.45, 7) is 4.71. The van der Waals surface area contributed by atoms with E-state index in [1.165, 1.54) is 12.1 Å². The number of likely N-dealkylation sites (N-methyl/N-ethyl adjacent to an activating group) is 1. The van der Waals surface area contributed by atoms with Crippen LogP contribution in [0.15, 0.2) is 18.2 Å². The molecule has 0 bridgehead atoms. The van der Waals surface area contributed by atoms with E-state index in [1.807, 2.05) is 13.8 Å². The van der Waals surface area contributed by atoms with Gasteiger partial charge in [-0.05, 0) is 31.5 Å². The van der Waals surface area contributed by atoms with Gasteiger partial charge in [0.2, 0.25) is 5.91 Å². The van der Waals surface area contributed by atoms with Crippen molar-refractivity contribution in [3.05, 3.63) is 34.6 Å². The second kappa shape index (κ2) is 6.71. The second-order valence-corrected chi connectivity index (χ2v) is 4.58. The molecular formula is C13H18ClFN2O. The van der Waals surface area contributed by atoms with Gasteiger partial charge in [0.25, 0.3) is 0 Å². The molecule has 18 heavy (non-hydrogen) atoms. The molecule has 0 saturated carbocycles. The number of amides is 1. The molecule has 0 fully saturated rings. The van der Waals surface area contributed by atoms with Gasteiger partial charge in [-0.1, -0.05) is 17.7 Å². The summed E-state index contributed by atoms with van der Waals surface area (Å²) >= 11 is 5.95. The van der Waals surface area contributed by atoms with Crippen LogP contribution in [0.1, 0.15) is 25.5 Å². The van der Waals surface area contributed by atoms with Gasteiger partial charge in [-0.15, -0.1) is 0 Å². The summed E-state index contributed by atoms with van der Waals surface area (Å²) in [7, 11) is 1.75. The zero-order chi connectivity index (χ0) is 13.7. The third-order valence-corrected chi connectivity index (χ3v) is 3.22. The highest BCUT2D eigenvalue weighted by Gasteiger charge is 2.12. The quantitative estimate of drug-likeness (QED) is 0.894. The standard InChI is InChI=1S/C13H18ClFN2O/c1-4-17(3)13(18)8-16-9(2)11-6-5-10(15)7-12(11)14/h5-7,9,16H,4,8H2,1-3H3. The van der Waals surface area contributed by atoms with Gasteiger partial charge in [0.1, 0.15) is 5.82 Å². The van der Waals surface area contributed by atoms with E-state index in [1.54, 1.807) is 18.0 Å². The van der Waals surface area contributed by atoms with Crippen LogP contribution in [0.5, 0.6) is 0 Å². The van der Waals surface area contributed by atoms with Gasteiger partial charge in [-0.2, -0.15) is 0 Å². The fourth-order valence-electron chi connectivity index (χ4n) is 1.51. The molecule has 1 N–H and O–H groups in total. The van der Waals surface area contributed by atoms with E-state index in [0.29, 0.717) is 11.6 Å². The van der Waals surface area contributed by atoms with Gasteiger partial charge in [0.05, 0.1) is 6.54 Å². The average molecular weight is 273 g/mol. The lowest BCUT2D eigenvalue weighted by atomic mass is 10.1. The van der Waals surface area contributed by atoms with E-state index >= 15 is 0 Å². The minimum Gasteiger partial charge on any atom is -0.345 e. The Balaban J connectivity index is 2.60. The number of benzene rings is 1. The fourth-order valence-corrected chi connectivity index (χ4v) is 1.85.